The van der Waals surface area contributed by atoms with E-state index in [0.29, 0.717) is 5.92 Å². The van der Waals surface area contributed by atoms with Crippen LogP contribution in [0, 0.1) is 5.92 Å². The normalized spacial score (nSPS) is 12.6. The molecule has 1 atom stereocenters. The zero-order valence-corrected chi connectivity index (χ0v) is 14.3. The Kier molecular flexibility index (Phi) is 9.63. The van der Waals surface area contributed by atoms with Crippen LogP contribution in [0.3, 0.4) is 0 Å². The fourth-order valence-electron chi connectivity index (χ4n) is 2.44. The largest absolute Gasteiger partial charge is 0.126 e. The summed E-state index contributed by atoms with van der Waals surface area (Å²) in [6, 6.07) is 8.59. The average Bonchev–Trinajstić information content (AvgIpc) is 2.41. The third-order valence-corrected chi connectivity index (χ3v) is 4.53. The molecule has 0 aliphatic heterocycles. The zero-order valence-electron chi connectivity index (χ0n) is 12.0. The lowest BCUT2D eigenvalue weighted by Gasteiger charge is -2.14. The smallest absolute Gasteiger partial charge is 0.0254 e. The van der Waals surface area contributed by atoms with Gasteiger partial charge in [0.2, 0.25) is 0 Å². The maximum absolute atomic E-state index is 6.11. The molecule has 19 heavy (non-hydrogen) atoms. The van der Waals surface area contributed by atoms with E-state index in [2.05, 4.69) is 47.1 Å². The van der Waals surface area contributed by atoms with Gasteiger partial charge in [0.1, 0.15) is 0 Å². The van der Waals surface area contributed by atoms with Crippen molar-refractivity contribution in [1.29, 1.82) is 0 Å². The van der Waals surface area contributed by atoms with Gasteiger partial charge in [-0.05, 0) is 36.5 Å². The molecule has 1 rings (SSSR count). The number of hydrogen-bond donors (Lipinski definition) is 0. The van der Waals surface area contributed by atoms with Gasteiger partial charge in [0.15, 0.2) is 0 Å². The molecule has 1 unspecified atom stereocenters. The molecule has 0 aromatic heterocycles. The Hall–Kier alpha value is -0.0100. The maximum Gasteiger partial charge on any atom is 0.0254 e. The van der Waals surface area contributed by atoms with Crippen molar-refractivity contribution in [2.24, 2.45) is 5.92 Å². The average molecular weight is 346 g/mol. The highest BCUT2D eigenvalue weighted by atomic mass is 79.9. The van der Waals surface area contributed by atoms with Crippen molar-refractivity contribution in [1.82, 2.24) is 0 Å². The summed E-state index contributed by atoms with van der Waals surface area (Å²) in [6.07, 6.45) is 10.6. The minimum Gasteiger partial charge on any atom is -0.126 e. The highest BCUT2D eigenvalue weighted by molar-refractivity contribution is 9.10. The summed E-state index contributed by atoms with van der Waals surface area (Å²) in [5.74, 6) is 1.41. The predicted octanol–water partition coefficient (Wildman–Crippen LogP) is 6.60. The molecule has 0 heterocycles. The van der Waals surface area contributed by atoms with Crippen LogP contribution < -0.4 is 0 Å². The molecule has 2 heteroatoms. The Morgan fingerprint density at radius 3 is 2.53 bits per heavy atom. The van der Waals surface area contributed by atoms with Gasteiger partial charge in [0, 0.05) is 10.4 Å². The van der Waals surface area contributed by atoms with Crippen LogP contribution in [0.4, 0.5) is 0 Å². The van der Waals surface area contributed by atoms with E-state index in [1.807, 2.05) is 0 Å². The first-order valence-electron chi connectivity index (χ1n) is 7.56. The second-order valence-electron chi connectivity index (χ2n) is 5.41. The molecule has 0 N–H and O–H groups in total. The lowest BCUT2D eigenvalue weighted by molar-refractivity contribution is 0.485. The van der Waals surface area contributed by atoms with Gasteiger partial charge in [-0.15, -0.1) is 11.6 Å². The van der Waals surface area contributed by atoms with Crippen molar-refractivity contribution in [3.63, 3.8) is 0 Å². The SMILES string of the molecule is CCCCCCCCC(CCl)Cc1cccc(Br)c1. The molecule has 0 saturated carbocycles. The Morgan fingerprint density at radius 1 is 1.11 bits per heavy atom. The van der Waals surface area contributed by atoms with E-state index >= 15 is 0 Å². The van der Waals surface area contributed by atoms with Gasteiger partial charge >= 0.3 is 0 Å². The van der Waals surface area contributed by atoms with Gasteiger partial charge in [-0.2, -0.15) is 0 Å². The fraction of sp³-hybridized carbons (Fsp3) is 0.647. The van der Waals surface area contributed by atoms with Gasteiger partial charge in [0.25, 0.3) is 0 Å². The third kappa shape index (κ3) is 7.99. The quantitative estimate of drug-likeness (QED) is 0.331. The molecule has 1 aromatic rings. The molecule has 0 bridgehead atoms. The van der Waals surface area contributed by atoms with Crippen LogP contribution in [0.15, 0.2) is 28.7 Å². The summed E-state index contributed by atoms with van der Waals surface area (Å²) in [7, 11) is 0. The Morgan fingerprint density at radius 2 is 1.84 bits per heavy atom. The van der Waals surface area contributed by atoms with Crippen molar-refractivity contribution < 1.29 is 0 Å². The summed E-state index contributed by atoms with van der Waals surface area (Å²) in [6.45, 7) is 2.27. The predicted molar refractivity (Wildman–Crippen MR) is 90.0 cm³/mol. The number of alkyl halides is 1. The van der Waals surface area contributed by atoms with Crippen molar-refractivity contribution in [2.45, 2.75) is 58.3 Å². The Bertz CT molecular complexity index is 338. The van der Waals surface area contributed by atoms with Crippen LogP contribution in [0.5, 0.6) is 0 Å². The summed E-state index contributed by atoms with van der Waals surface area (Å²) >= 11 is 9.64. The van der Waals surface area contributed by atoms with Crippen LogP contribution in [-0.4, -0.2) is 5.88 Å². The number of halogens is 2. The second kappa shape index (κ2) is 10.7. The van der Waals surface area contributed by atoms with Crippen molar-refractivity contribution in [2.75, 3.05) is 5.88 Å². The first-order valence-corrected chi connectivity index (χ1v) is 8.89. The van der Waals surface area contributed by atoms with Crippen molar-refractivity contribution >= 4 is 27.5 Å². The molecule has 0 spiro atoms. The minimum atomic E-state index is 0.627. The lowest BCUT2D eigenvalue weighted by atomic mass is 9.95. The van der Waals surface area contributed by atoms with Gasteiger partial charge < -0.3 is 0 Å². The summed E-state index contributed by atoms with van der Waals surface area (Å²) < 4.78 is 1.16. The van der Waals surface area contributed by atoms with E-state index in [-0.39, 0.29) is 0 Å². The zero-order chi connectivity index (χ0) is 13.9. The molecule has 0 aliphatic carbocycles. The molecule has 0 nitrogen and oxygen atoms in total. The van der Waals surface area contributed by atoms with Crippen molar-refractivity contribution in [3.05, 3.63) is 34.3 Å². The van der Waals surface area contributed by atoms with E-state index in [4.69, 9.17) is 11.6 Å². The first-order chi connectivity index (χ1) is 9.26. The molecular weight excluding hydrogens is 320 g/mol. The molecule has 0 amide bonds. The minimum absolute atomic E-state index is 0.627. The van der Waals surface area contributed by atoms with Crippen LogP contribution in [0.2, 0.25) is 0 Å². The van der Waals surface area contributed by atoms with Gasteiger partial charge in [-0.3, -0.25) is 0 Å². The molecule has 108 valence electrons. The summed E-state index contributed by atoms with van der Waals surface area (Å²) in [4.78, 5) is 0. The molecule has 1 aromatic carbocycles. The van der Waals surface area contributed by atoms with Crippen LogP contribution >= 0.6 is 27.5 Å². The third-order valence-electron chi connectivity index (χ3n) is 3.60. The number of rotatable bonds is 10. The molecule has 0 radical (unpaired) electrons. The van der Waals surface area contributed by atoms with E-state index in [1.54, 1.807) is 0 Å². The first kappa shape index (κ1) is 17.0. The summed E-state index contributed by atoms with van der Waals surface area (Å²) in [5.41, 5.74) is 1.39. The molecule has 0 aliphatic rings. The maximum atomic E-state index is 6.11. The summed E-state index contributed by atoms with van der Waals surface area (Å²) in [5, 5.41) is 0. The van der Waals surface area contributed by atoms with Gasteiger partial charge in [0.05, 0.1) is 0 Å². The monoisotopic (exact) mass is 344 g/mol. The highest BCUT2D eigenvalue weighted by Crippen LogP contribution is 2.20. The van der Waals surface area contributed by atoms with Crippen LogP contribution in [-0.2, 0) is 6.42 Å². The van der Waals surface area contributed by atoms with Crippen LogP contribution in [0.1, 0.15) is 57.4 Å². The van der Waals surface area contributed by atoms with Crippen molar-refractivity contribution in [3.8, 4) is 0 Å². The second-order valence-corrected chi connectivity index (χ2v) is 6.64. The molecule has 0 saturated heterocycles. The number of unbranched alkanes of at least 4 members (excludes halogenated alkanes) is 5. The molecular formula is C17H26BrCl. The Balaban J connectivity index is 2.22. The van der Waals surface area contributed by atoms with E-state index in [0.717, 1.165) is 16.8 Å². The topological polar surface area (TPSA) is 0 Å². The Labute approximate surface area is 132 Å². The van der Waals surface area contributed by atoms with Crippen LogP contribution in [0.25, 0.3) is 0 Å². The fourth-order valence-corrected chi connectivity index (χ4v) is 3.15. The van der Waals surface area contributed by atoms with Gasteiger partial charge in [-0.25, -0.2) is 0 Å². The number of benzene rings is 1. The number of hydrogen-bond acceptors (Lipinski definition) is 0. The molecule has 0 fully saturated rings. The van der Waals surface area contributed by atoms with E-state index < -0.39 is 0 Å². The van der Waals surface area contributed by atoms with E-state index in [1.165, 1.54) is 50.5 Å². The van der Waals surface area contributed by atoms with Gasteiger partial charge in [-0.1, -0.05) is 73.5 Å². The van der Waals surface area contributed by atoms with E-state index in [9.17, 15) is 0 Å². The standard InChI is InChI=1S/C17H26BrCl/c1-2-3-4-5-6-7-9-16(14-19)12-15-10-8-11-17(18)13-15/h8,10-11,13,16H,2-7,9,12,14H2,1H3. The lowest BCUT2D eigenvalue weighted by Crippen LogP contribution is -2.06. The highest BCUT2D eigenvalue weighted by Gasteiger charge is 2.08.